The summed E-state index contributed by atoms with van der Waals surface area (Å²) in [6.07, 6.45) is 10.8. The molecule has 0 aromatic rings. The van der Waals surface area contributed by atoms with E-state index in [2.05, 4.69) is 12.2 Å². The molecule has 0 bridgehead atoms. The molecule has 11 heavy (non-hydrogen) atoms. The van der Waals surface area contributed by atoms with E-state index in [9.17, 15) is 0 Å². The maximum Gasteiger partial charge on any atom is 0.0443 e. The minimum atomic E-state index is 0.249. The summed E-state index contributed by atoms with van der Waals surface area (Å²) < 4.78 is 0. The lowest BCUT2D eigenvalue weighted by molar-refractivity contribution is 0.625. The molecule has 0 saturated heterocycles. The van der Waals surface area contributed by atoms with Gasteiger partial charge in [0.25, 0.3) is 0 Å². The van der Waals surface area contributed by atoms with Crippen molar-refractivity contribution >= 4 is 0 Å². The fourth-order valence-corrected chi connectivity index (χ4v) is 2.10. The molecule has 0 spiro atoms. The van der Waals surface area contributed by atoms with Gasteiger partial charge in [0.1, 0.15) is 0 Å². The summed E-state index contributed by atoms with van der Waals surface area (Å²) in [5, 5.41) is 0. The van der Waals surface area contributed by atoms with E-state index < -0.39 is 0 Å². The third kappa shape index (κ3) is 1.25. The second-order valence-electron chi connectivity index (χ2n) is 3.49. The van der Waals surface area contributed by atoms with Crippen molar-refractivity contribution in [1.29, 1.82) is 0 Å². The van der Waals surface area contributed by atoms with E-state index in [1.165, 1.54) is 32.1 Å². The zero-order valence-electron chi connectivity index (χ0n) is 6.84. The van der Waals surface area contributed by atoms with Crippen LogP contribution in [0.1, 0.15) is 32.1 Å². The van der Waals surface area contributed by atoms with Gasteiger partial charge in [0.15, 0.2) is 0 Å². The second kappa shape index (κ2) is 2.82. The van der Waals surface area contributed by atoms with Crippen LogP contribution in [0, 0.1) is 0 Å². The predicted octanol–water partition coefficient (Wildman–Crippen LogP) is 2.14. The first-order valence-corrected chi connectivity index (χ1v) is 4.51. The van der Waals surface area contributed by atoms with E-state index in [4.69, 9.17) is 5.73 Å². The lowest BCUT2D eigenvalue weighted by Crippen LogP contribution is -2.25. The van der Waals surface area contributed by atoms with Crippen molar-refractivity contribution in [2.45, 2.75) is 38.1 Å². The molecule has 1 unspecified atom stereocenters. The molecule has 0 amide bonds. The summed E-state index contributed by atoms with van der Waals surface area (Å²) in [6, 6.07) is 0.249. The molecule has 2 rings (SSSR count). The molecule has 2 aliphatic carbocycles. The van der Waals surface area contributed by atoms with Crippen LogP contribution in [-0.2, 0) is 0 Å². The van der Waals surface area contributed by atoms with Gasteiger partial charge >= 0.3 is 0 Å². The summed E-state index contributed by atoms with van der Waals surface area (Å²) in [4.78, 5) is 0. The van der Waals surface area contributed by atoms with Crippen molar-refractivity contribution in [3.8, 4) is 0 Å². The van der Waals surface area contributed by atoms with Gasteiger partial charge in [0, 0.05) is 6.04 Å². The Balaban J connectivity index is 2.23. The highest BCUT2D eigenvalue weighted by molar-refractivity contribution is 5.31. The van der Waals surface area contributed by atoms with Gasteiger partial charge in [-0.15, -0.1) is 0 Å². The lowest BCUT2D eigenvalue weighted by atomic mass is 9.83. The third-order valence-electron chi connectivity index (χ3n) is 2.74. The minimum absolute atomic E-state index is 0.249. The molecule has 1 atom stereocenters. The molecular formula is C10H15N. The van der Waals surface area contributed by atoms with Crippen LogP contribution in [-0.4, -0.2) is 6.04 Å². The Hall–Kier alpha value is -0.560. The molecule has 0 radical (unpaired) electrons. The van der Waals surface area contributed by atoms with E-state index in [-0.39, 0.29) is 6.04 Å². The van der Waals surface area contributed by atoms with Crippen molar-refractivity contribution in [1.82, 2.24) is 0 Å². The van der Waals surface area contributed by atoms with Gasteiger partial charge in [-0.1, -0.05) is 23.3 Å². The highest BCUT2D eigenvalue weighted by Gasteiger charge is 2.18. The molecule has 0 aromatic carbocycles. The standard InChI is InChI=1S/C10H15N/c11-10-7-3-5-8-4-1-2-6-9(8)10/h3,7,10H,1-2,4-6,11H2. The number of rotatable bonds is 0. The Morgan fingerprint density at radius 2 is 2.09 bits per heavy atom. The molecule has 0 aromatic heterocycles. The van der Waals surface area contributed by atoms with Crippen LogP contribution in [0.15, 0.2) is 23.3 Å². The fourth-order valence-electron chi connectivity index (χ4n) is 2.10. The Bertz CT molecular complexity index is 213. The Kier molecular flexibility index (Phi) is 1.82. The predicted molar refractivity (Wildman–Crippen MR) is 47.2 cm³/mol. The van der Waals surface area contributed by atoms with Crippen molar-refractivity contribution in [2.24, 2.45) is 5.73 Å². The maximum atomic E-state index is 5.94. The Morgan fingerprint density at radius 1 is 1.27 bits per heavy atom. The maximum absolute atomic E-state index is 5.94. The fraction of sp³-hybridized carbons (Fsp3) is 0.600. The average Bonchev–Trinajstić information content (AvgIpc) is 2.06. The quantitative estimate of drug-likeness (QED) is 0.525. The summed E-state index contributed by atoms with van der Waals surface area (Å²) in [5.74, 6) is 0. The zero-order chi connectivity index (χ0) is 7.68. The molecule has 0 fully saturated rings. The molecule has 1 heteroatoms. The number of hydrogen-bond acceptors (Lipinski definition) is 1. The topological polar surface area (TPSA) is 26.0 Å². The summed E-state index contributed by atoms with van der Waals surface area (Å²) in [6.45, 7) is 0. The number of allylic oxidation sites excluding steroid dienone is 2. The van der Waals surface area contributed by atoms with Gasteiger partial charge in [0.2, 0.25) is 0 Å². The van der Waals surface area contributed by atoms with Gasteiger partial charge in [-0.2, -0.15) is 0 Å². The van der Waals surface area contributed by atoms with Gasteiger partial charge in [0.05, 0.1) is 0 Å². The molecule has 0 aliphatic heterocycles. The Labute approximate surface area is 68.0 Å². The van der Waals surface area contributed by atoms with E-state index in [1.54, 1.807) is 11.1 Å². The first-order chi connectivity index (χ1) is 5.38. The number of hydrogen-bond donors (Lipinski definition) is 1. The summed E-state index contributed by atoms with van der Waals surface area (Å²) >= 11 is 0. The summed E-state index contributed by atoms with van der Waals surface area (Å²) in [7, 11) is 0. The first-order valence-electron chi connectivity index (χ1n) is 4.51. The highest BCUT2D eigenvalue weighted by atomic mass is 14.6. The van der Waals surface area contributed by atoms with Crippen molar-refractivity contribution < 1.29 is 0 Å². The lowest BCUT2D eigenvalue weighted by Gasteiger charge is -2.25. The van der Waals surface area contributed by atoms with Gasteiger partial charge in [-0.05, 0) is 32.1 Å². The molecule has 2 aliphatic rings. The third-order valence-corrected chi connectivity index (χ3v) is 2.74. The van der Waals surface area contributed by atoms with Gasteiger partial charge in [-0.3, -0.25) is 0 Å². The average molecular weight is 149 g/mol. The van der Waals surface area contributed by atoms with Crippen LogP contribution in [0.5, 0.6) is 0 Å². The normalized spacial score (nSPS) is 30.5. The van der Waals surface area contributed by atoms with Crippen LogP contribution < -0.4 is 5.73 Å². The van der Waals surface area contributed by atoms with Crippen LogP contribution >= 0.6 is 0 Å². The van der Waals surface area contributed by atoms with E-state index in [1.807, 2.05) is 0 Å². The minimum Gasteiger partial charge on any atom is -0.321 e. The van der Waals surface area contributed by atoms with Gasteiger partial charge in [-0.25, -0.2) is 0 Å². The number of nitrogens with two attached hydrogens (primary N) is 1. The Morgan fingerprint density at radius 3 is 2.91 bits per heavy atom. The van der Waals surface area contributed by atoms with Crippen LogP contribution in [0.4, 0.5) is 0 Å². The van der Waals surface area contributed by atoms with E-state index >= 15 is 0 Å². The molecule has 0 heterocycles. The zero-order valence-corrected chi connectivity index (χ0v) is 6.84. The van der Waals surface area contributed by atoms with Crippen LogP contribution in [0.2, 0.25) is 0 Å². The van der Waals surface area contributed by atoms with Crippen molar-refractivity contribution in [3.05, 3.63) is 23.3 Å². The molecule has 60 valence electrons. The monoisotopic (exact) mass is 149 g/mol. The molecule has 1 nitrogen and oxygen atoms in total. The van der Waals surface area contributed by atoms with Gasteiger partial charge < -0.3 is 5.73 Å². The van der Waals surface area contributed by atoms with Crippen LogP contribution in [0.3, 0.4) is 0 Å². The van der Waals surface area contributed by atoms with Crippen molar-refractivity contribution in [2.75, 3.05) is 0 Å². The second-order valence-corrected chi connectivity index (χ2v) is 3.49. The first kappa shape index (κ1) is 7.11. The van der Waals surface area contributed by atoms with E-state index in [0.29, 0.717) is 0 Å². The molecule has 2 N–H and O–H groups in total. The van der Waals surface area contributed by atoms with Crippen LogP contribution in [0.25, 0.3) is 0 Å². The smallest absolute Gasteiger partial charge is 0.0443 e. The SMILES string of the molecule is NC1C=CCC2=C1CCCC2. The largest absolute Gasteiger partial charge is 0.321 e. The molecule has 0 saturated carbocycles. The van der Waals surface area contributed by atoms with Crippen molar-refractivity contribution in [3.63, 3.8) is 0 Å². The highest BCUT2D eigenvalue weighted by Crippen LogP contribution is 2.31. The van der Waals surface area contributed by atoms with E-state index in [0.717, 1.165) is 0 Å². The summed E-state index contributed by atoms with van der Waals surface area (Å²) in [5.41, 5.74) is 9.12. The molecular weight excluding hydrogens is 134 g/mol.